The third-order valence-corrected chi connectivity index (χ3v) is 1.31. The second-order valence-corrected chi connectivity index (χ2v) is 1.92. The summed E-state index contributed by atoms with van der Waals surface area (Å²) in [6.07, 6.45) is 6.11. The van der Waals surface area contributed by atoms with Crippen LogP contribution in [0.15, 0.2) is 12.2 Å². The van der Waals surface area contributed by atoms with E-state index in [0.29, 0.717) is 0 Å². The Bertz CT molecular complexity index is 76.2. The van der Waals surface area contributed by atoms with Gasteiger partial charge in [0.1, 0.15) is 0 Å². The summed E-state index contributed by atoms with van der Waals surface area (Å²) in [5, 5.41) is 0. The van der Waals surface area contributed by atoms with Crippen molar-refractivity contribution in [2.75, 3.05) is 6.67 Å². The lowest BCUT2D eigenvalue weighted by Gasteiger charge is -1.94. The largest absolute Gasteiger partial charge is 0.250 e. The topological polar surface area (TPSA) is 0 Å². The molecule has 1 unspecified atom stereocenters. The highest BCUT2D eigenvalue weighted by Crippen LogP contribution is 2.16. The fourth-order valence-corrected chi connectivity index (χ4v) is 0.824. The summed E-state index contributed by atoms with van der Waals surface area (Å²) >= 11 is 0. The highest BCUT2D eigenvalue weighted by atomic mass is 19.1. The molecule has 0 bridgehead atoms. The summed E-state index contributed by atoms with van der Waals surface area (Å²) < 4.78 is 11.6. The summed E-state index contributed by atoms with van der Waals surface area (Å²) in [7, 11) is 0. The van der Waals surface area contributed by atoms with Crippen LogP contribution < -0.4 is 0 Å². The predicted octanol–water partition coefficient (Wildman–Crippen LogP) is 1.92. The van der Waals surface area contributed by atoms with Gasteiger partial charge in [-0.25, -0.2) is 0 Å². The smallest absolute Gasteiger partial charge is 0.0957 e. The fraction of sp³-hybridized carbons (Fsp3) is 0.667. The molecule has 0 aliphatic heterocycles. The summed E-state index contributed by atoms with van der Waals surface area (Å²) in [5.41, 5.74) is 0. The molecule has 0 saturated carbocycles. The molecule has 0 aromatic heterocycles. The molecule has 0 N–H and O–H groups in total. The Balaban J connectivity index is 2.28. The highest BCUT2D eigenvalue weighted by molar-refractivity contribution is 4.95. The van der Waals surface area contributed by atoms with Gasteiger partial charge in [-0.2, -0.15) is 0 Å². The van der Waals surface area contributed by atoms with E-state index >= 15 is 0 Å². The lowest BCUT2D eigenvalue weighted by Crippen LogP contribution is -1.91. The number of halogens is 1. The van der Waals surface area contributed by atoms with Gasteiger partial charge in [0.2, 0.25) is 0 Å². The Labute approximate surface area is 43.0 Å². The zero-order valence-electron chi connectivity index (χ0n) is 4.23. The summed E-state index contributed by atoms with van der Waals surface area (Å²) in [6.45, 7) is -0.170. The molecule has 1 atom stereocenters. The second-order valence-electron chi connectivity index (χ2n) is 1.92. The quantitative estimate of drug-likeness (QED) is 0.441. The monoisotopic (exact) mass is 100 g/mol. The van der Waals surface area contributed by atoms with Crippen molar-refractivity contribution in [1.29, 1.82) is 0 Å². The van der Waals surface area contributed by atoms with Crippen LogP contribution in [0, 0.1) is 5.92 Å². The maximum absolute atomic E-state index is 11.6. The Morgan fingerprint density at radius 2 is 2.57 bits per heavy atom. The van der Waals surface area contributed by atoms with Crippen molar-refractivity contribution in [3.63, 3.8) is 0 Å². The van der Waals surface area contributed by atoms with Gasteiger partial charge in [-0.15, -0.1) is 0 Å². The summed E-state index contributed by atoms with van der Waals surface area (Å²) in [4.78, 5) is 0. The first-order valence-electron chi connectivity index (χ1n) is 2.66. The normalized spacial score (nSPS) is 29.0. The summed E-state index contributed by atoms with van der Waals surface area (Å²) in [6, 6.07) is 0. The Hall–Kier alpha value is -0.330. The lowest BCUT2D eigenvalue weighted by molar-refractivity contribution is 0.407. The number of alkyl halides is 1. The fourth-order valence-electron chi connectivity index (χ4n) is 0.824. The van der Waals surface area contributed by atoms with E-state index in [4.69, 9.17) is 0 Å². The maximum Gasteiger partial charge on any atom is 0.0957 e. The van der Waals surface area contributed by atoms with Gasteiger partial charge in [-0.3, -0.25) is 4.39 Å². The van der Waals surface area contributed by atoms with Crippen LogP contribution >= 0.6 is 0 Å². The Kier molecular flexibility index (Phi) is 1.45. The number of rotatable bonds is 1. The first-order valence-corrected chi connectivity index (χ1v) is 2.66. The van der Waals surface area contributed by atoms with Crippen LogP contribution in [0.2, 0.25) is 0 Å². The molecule has 0 nitrogen and oxygen atoms in total. The molecular weight excluding hydrogens is 91.1 g/mol. The number of hydrogen-bond acceptors (Lipinski definition) is 0. The Morgan fingerprint density at radius 3 is 2.86 bits per heavy atom. The van der Waals surface area contributed by atoms with Crippen molar-refractivity contribution in [2.45, 2.75) is 12.8 Å². The van der Waals surface area contributed by atoms with E-state index in [1.165, 1.54) is 0 Å². The van der Waals surface area contributed by atoms with E-state index in [0.717, 1.165) is 12.8 Å². The molecule has 0 heterocycles. The molecule has 1 heteroatoms. The molecule has 0 amide bonds. The molecule has 0 aromatic rings. The van der Waals surface area contributed by atoms with Crippen LogP contribution in [0.5, 0.6) is 0 Å². The van der Waals surface area contributed by atoms with E-state index in [1.807, 2.05) is 12.2 Å². The van der Waals surface area contributed by atoms with E-state index in [-0.39, 0.29) is 12.6 Å². The van der Waals surface area contributed by atoms with Crippen molar-refractivity contribution in [1.82, 2.24) is 0 Å². The number of hydrogen-bond donors (Lipinski definition) is 0. The van der Waals surface area contributed by atoms with Gasteiger partial charge in [0.25, 0.3) is 0 Å². The van der Waals surface area contributed by atoms with E-state index in [2.05, 4.69) is 0 Å². The van der Waals surface area contributed by atoms with Crippen molar-refractivity contribution in [3.8, 4) is 0 Å². The molecule has 40 valence electrons. The number of allylic oxidation sites excluding steroid dienone is 2. The van der Waals surface area contributed by atoms with Crippen LogP contribution in [-0.2, 0) is 0 Å². The minimum absolute atomic E-state index is 0.170. The standard InChI is InChI=1S/C6H9F/c7-5-6-3-1-2-4-6/h1,3,6H,2,4-5H2. The van der Waals surface area contributed by atoms with Gasteiger partial charge in [-0.05, 0) is 12.8 Å². The molecule has 0 fully saturated rings. The molecule has 1 aliphatic rings. The zero-order chi connectivity index (χ0) is 5.11. The molecule has 0 saturated heterocycles. The van der Waals surface area contributed by atoms with Crippen molar-refractivity contribution in [2.24, 2.45) is 5.92 Å². The molecule has 0 spiro atoms. The predicted molar refractivity (Wildman–Crippen MR) is 27.8 cm³/mol. The molecule has 1 aliphatic carbocycles. The molecular formula is C6H9F. The van der Waals surface area contributed by atoms with Gasteiger partial charge in [0.05, 0.1) is 6.67 Å². The third kappa shape index (κ3) is 1.02. The molecule has 1 rings (SSSR count). The van der Waals surface area contributed by atoms with Gasteiger partial charge in [-0.1, -0.05) is 12.2 Å². The minimum Gasteiger partial charge on any atom is -0.250 e. The van der Waals surface area contributed by atoms with E-state index < -0.39 is 0 Å². The van der Waals surface area contributed by atoms with Gasteiger partial charge >= 0.3 is 0 Å². The van der Waals surface area contributed by atoms with Crippen molar-refractivity contribution in [3.05, 3.63) is 12.2 Å². The average Bonchev–Trinajstić information content (AvgIpc) is 2.14. The minimum atomic E-state index is -0.170. The highest BCUT2D eigenvalue weighted by Gasteiger charge is 2.06. The van der Waals surface area contributed by atoms with Crippen LogP contribution in [0.25, 0.3) is 0 Å². The SMILES string of the molecule is FCC1C=CCC1. The Morgan fingerprint density at radius 1 is 1.71 bits per heavy atom. The molecule has 0 radical (unpaired) electrons. The van der Waals surface area contributed by atoms with E-state index in [1.54, 1.807) is 0 Å². The average molecular weight is 100 g/mol. The first-order chi connectivity index (χ1) is 3.43. The van der Waals surface area contributed by atoms with Gasteiger partial charge in [0, 0.05) is 5.92 Å². The van der Waals surface area contributed by atoms with Crippen molar-refractivity contribution >= 4 is 0 Å². The van der Waals surface area contributed by atoms with Crippen LogP contribution in [0.1, 0.15) is 12.8 Å². The van der Waals surface area contributed by atoms with Crippen LogP contribution in [0.4, 0.5) is 4.39 Å². The zero-order valence-corrected chi connectivity index (χ0v) is 4.23. The third-order valence-electron chi connectivity index (χ3n) is 1.31. The summed E-state index contributed by atoms with van der Waals surface area (Å²) in [5.74, 6) is 0.250. The van der Waals surface area contributed by atoms with Gasteiger partial charge < -0.3 is 0 Å². The van der Waals surface area contributed by atoms with Crippen molar-refractivity contribution < 1.29 is 4.39 Å². The van der Waals surface area contributed by atoms with Crippen LogP contribution in [0.3, 0.4) is 0 Å². The maximum atomic E-state index is 11.6. The molecule has 7 heavy (non-hydrogen) atoms. The molecule has 0 aromatic carbocycles. The first kappa shape index (κ1) is 4.82. The van der Waals surface area contributed by atoms with E-state index in [9.17, 15) is 4.39 Å². The van der Waals surface area contributed by atoms with Crippen LogP contribution in [-0.4, -0.2) is 6.67 Å². The second kappa shape index (κ2) is 2.10. The van der Waals surface area contributed by atoms with Gasteiger partial charge in [0.15, 0.2) is 0 Å². The lowest BCUT2D eigenvalue weighted by atomic mass is 10.1.